The summed E-state index contributed by atoms with van der Waals surface area (Å²) in [5, 5.41) is 5.43. The molecule has 1 rings (SSSR count). The van der Waals surface area contributed by atoms with E-state index in [1.807, 2.05) is 32.9 Å². The van der Waals surface area contributed by atoms with Gasteiger partial charge in [-0.1, -0.05) is 0 Å². The molecule has 0 spiro atoms. The van der Waals surface area contributed by atoms with Crippen LogP contribution in [0, 0.1) is 6.92 Å². The van der Waals surface area contributed by atoms with Gasteiger partial charge in [0.1, 0.15) is 11.5 Å². The molecule has 1 heterocycles. The Balaban J connectivity index is 2.30. The highest BCUT2D eigenvalue weighted by molar-refractivity contribution is 5.73. The molecule has 2 amide bonds. The molecule has 1 aromatic heterocycles. The molecule has 0 radical (unpaired) electrons. The van der Waals surface area contributed by atoms with Crippen LogP contribution >= 0.6 is 0 Å². The number of furan rings is 1. The summed E-state index contributed by atoms with van der Waals surface area (Å²) in [6.45, 7) is 6.12. The number of carbonyl (C=O) groups is 1. The van der Waals surface area contributed by atoms with Gasteiger partial charge < -0.3 is 15.1 Å². The van der Waals surface area contributed by atoms with Crippen molar-refractivity contribution >= 4 is 6.03 Å². The van der Waals surface area contributed by atoms with Gasteiger partial charge in [-0.3, -0.25) is 0 Å². The number of nitrogens with one attached hydrogen (secondary N) is 2. The van der Waals surface area contributed by atoms with Crippen LogP contribution in [0.5, 0.6) is 0 Å². The van der Waals surface area contributed by atoms with Gasteiger partial charge in [-0.25, -0.2) is 4.79 Å². The number of aryl methyl sites for hydroxylation is 1. The maximum Gasteiger partial charge on any atom is 0.315 e. The Morgan fingerprint density at radius 2 is 2.21 bits per heavy atom. The fraction of sp³-hybridized carbons (Fsp3) is 0.500. The molecule has 0 atom stereocenters. The average Bonchev–Trinajstić information content (AvgIpc) is 2.47. The standard InChI is InChI=1S/C10H16N2O2/c1-7(2)12-10(13)11-6-9-5-4-8(3)14-9/h4-5,7H,6H2,1-3H3,(H2,11,12,13). The number of urea groups is 1. The Kier molecular flexibility index (Phi) is 3.56. The first-order valence-electron chi connectivity index (χ1n) is 4.67. The molecule has 0 aliphatic heterocycles. The lowest BCUT2D eigenvalue weighted by molar-refractivity contribution is 0.237. The number of hydrogen-bond acceptors (Lipinski definition) is 2. The number of hydrogen-bond donors (Lipinski definition) is 2. The zero-order valence-corrected chi connectivity index (χ0v) is 8.76. The Hall–Kier alpha value is -1.45. The molecular formula is C10H16N2O2. The van der Waals surface area contributed by atoms with Gasteiger partial charge in [-0.2, -0.15) is 0 Å². The van der Waals surface area contributed by atoms with E-state index in [0.29, 0.717) is 6.54 Å². The second-order valence-corrected chi connectivity index (χ2v) is 3.49. The van der Waals surface area contributed by atoms with Crippen LogP contribution in [0.3, 0.4) is 0 Å². The Labute approximate surface area is 83.7 Å². The van der Waals surface area contributed by atoms with Gasteiger partial charge in [-0.15, -0.1) is 0 Å². The Bertz CT molecular complexity index is 305. The molecule has 0 fully saturated rings. The quantitative estimate of drug-likeness (QED) is 0.774. The fourth-order valence-electron chi connectivity index (χ4n) is 1.06. The van der Waals surface area contributed by atoms with Gasteiger partial charge in [0.15, 0.2) is 0 Å². The van der Waals surface area contributed by atoms with Gasteiger partial charge in [0.05, 0.1) is 6.54 Å². The van der Waals surface area contributed by atoms with Crippen LogP contribution in [0.4, 0.5) is 4.79 Å². The van der Waals surface area contributed by atoms with Gasteiger partial charge in [0, 0.05) is 6.04 Å². The average molecular weight is 196 g/mol. The lowest BCUT2D eigenvalue weighted by Crippen LogP contribution is -2.38. The first kappa shape index (κ1) is 10.6. The minimum Gasteiger partial charge on any atom is -0.465 e. The SMILES string of the molecule is Cc1ccc(CNC(=O)NC(C)C)o1. The Morgan fingerprint density at radius 3 is 2.71 bits per heavy atom. The van der Waals surface area contributed by atoms with Crippen molar-refractivity contribution in [3.63, 3.8) is 0 Å². The molecule has 0 unspecified atom stereocenters. The zero-order valence-electron chi connectivity index (χ0n) is 8.76. The maximum atomic E-state index is 11.2. The van der Waals surface area contributed by atoms with Crippen LogP contribution in [-0.4, -0.2) is 12.1 Å². The summed E-state index contributed by atoms with van der Waals surface area (Å²) >= 11 is 0. The molecule has 0 saturated carbocycles. The van der Waals surface area contributed by atoms with Gasteiger partial charge in [0.2, 0.25) is 0 Å². The number of carbonyl (C=O) groups excluding carboxylic acids is 1. The van der Waals surface area contributed by atoms with Crippen molar-refractivity contribution in [2.75, 3.05) is 0 Å². The van der Waals surface area contributed by atoms with Gasteiger partial charge in [0.25, 0.3) is 0 Å². The van der Waals surface area contributed by atoms with Crippen LogP contribution in [0.15, 0.2) is 16.5 Å². The topological polar surface area (TPSA) is 54.3 Å². The maximum absolute atomic E-state index is 11.2. The second kappa shape index (κ2) is 4.69. The summed E-state index contributed by atoms with van der Waals surface area (Å²) in [5.41, 5.74) is 0. The van der Waals surface area contributed by atoms with Crippen LogP contribution in [0.25, 0.3) is 0 Å². The van der Waals surface area contributed by atoms with Crippen molar-refractivity contribution in [1.82, 2.24) is 10.6 Å². The third-order valence-corrected chi connectivity index (χ3v) is 1.64. The summed E-state index contributed by atoms with van der Waals surface area (Å²) in [6, 6.07) is 3.70. The van der Waals surface area contributed by atoms with Crippen LogP contribution in [0.1, 0.15) is 25.4 Å². The summed E-state index contributed by atoms with van der Waals surface area (Å²) < 4.78 is 5.30. The molecule has 1 aromatic rings. The zero-order chi connectivity index (χ0) is 10.6. The molecule has 0 saturated heterocycles. The van der Waals surface area contributed by atoms with Crippen molar-refractivity contribution in [2.45, 2.75) is 33.4 Å². The second-order valence-electron chi connectivity index (χ2n) is 3.49. The monoisotopic (exact) mass is 196 g/mol. The third kappa shape index (κ3) is 3.51. The largest absolute Gasteiger partial charge is 0.465 e. The summed E-state index contributed by atoms with van der Waals surface area (Å²) in [6.07, 6.45) is 0. The minimum absolute atomic E-state index is 0.147. The van der Waals surface area contributed by atoms with E-state index in [1.54, 1.807) is 0 Å². The molecule has 4 heteroatoms. The van der Waals surface area contributed by atoms with Crippen molar-refractivity contribution in [1.29, 1.82) is 0 Å². The predicted molar refractivity (Wildman–Crippen MR) is 54.0 cm³/mol. The van der Waals surface area contributed by atoms with Crippen molar-refractivity contribution in [2.24, 2.45) is 0 Å². The summed E-state index contributed by atoms with van der Waals surface area (Å²) in [5.74, 6) is 1.62. The van der Waals surface area contributed by atoms with E-state index in [-0.39, 0.29) is 12.1 Å². The molecule has 0 aliphatic rings. The molecule has 0 aliphatic carbocycles. The van der Waals surface area contributed by atoms with E-state index in [1.165, 1.54) is 0 Å². The molecule has 2 N–H and O–H groups in total. The Morgan fingerprint density at radius 1 is 1.50 bits per heavy atom. The van der Waals surface area contributed by atoms with Crippen molar-refractivity contribution in [3.05, 3.63) is 23.7 Å². The molecule has 0 aromatic carbocycles. The first-order chi connectivity index (χ1) is 6.58. The smallest absolute Gasteiger partial charge is 0.315 e. The lowest BCUT2D eigenvalue weighted by atomic mass is 10.4. The highest BCUT2D eigenvalue weighted by Crippen LogP contribution is 2.05. The van der Waals surface area contributed by atoms with Gasteiger partial charge in [-0.05, 0) is 32.9 Å². The van der Waals surface area contributed by atoms with Crippen LogP contribution < -0.4 is 10.6 Å². The number of rotatable bonds is 3. The normalized spacial score (nSPS) is 10.3. The van der Waals surface area contributed by atoms with Gasteiger partial charge >= 0.3 is 6.03 Å². The molecule has 0 bridgehead atoms. The minimum atomic E-state index is -0.172. The van der Waals surface area contributed by atoms with E-state index >= 15 is 0 Å². The molecule has 4 nitrogen and oxygen atoms in total. The van der Waals surface area contributed by atoms with E-state index in [4.69, 9.17) is 4.42 Å². The lowest BCUT2D eigenvalue weighted by Gasteiger charge is -2.08. The van der Waals surface area contributed by atoms with Crippen molar-refractivity contribution < 1.29 is 9.21 Å². The molecular weight excluding hydrogens is 180 g/mol. The highest BCUT2D eigenvalue weighted by Gasteiger charge is 2.03. The highest BCUT2D eigenvalue weighted by atomic mass is 16.3. The summed E-state index contributed by atoms with van der Waals surface area (Å²) in [7, 11) is 0. The number of amides is 2. The molecule has 78 valence electrons. The first-order valence-corrected chi connectivity index (χ1v) is 4.67. The van der Waals surface area contributed by atoms with E-state index in [9.17, 15) is 4.79 Å². The van der Waals surface area contributed by atoms with E-state index in [2.05, 4.69) is 10.6 Å². The van der Waals surface area contributed by atoms with Crippen LogP contribution in [0.2, 0.25) is 0 Å². The molecule has 14 heavy (non-hydrogen) atoms. The van der Waals surface area contributed by atoms with E-state index < -0.39 is 0 Å². The fourth-order valence-corrected chi connectivity index (χ4v) is 1.06. The summed E-state index contributed by atoms with van der Waals surface area (Å²) in [4.78, 5) is 11.2. The third-order valence-electron chi connectivity index (χ3n) is 1.64. The predicted octanol–water partition coefficient (Wildman–Crippen LogP) is 1.80. The van der Waals surface area contributed by atoms with Crippen LogP contribution in [-0.2, 0) is 6.54 Å². The van der Waals surface area contributed by atoms with E-state index in [0.717, 1.165) is 11.5 Å². The van der Waals surface area contributed by atoms with Crippen molar-refractivity contribution in [3.8, 4) is 0 Å².